The Morgan fingerprint density at radius 1 is 1.19 bits per heavy atom. The summed E-state index contributed by atoms with van der Waals surface area (Å²) in [5, 5.41) is 9.14. The SMILES string of the molecule is CCOC(=O)/C=C/C(=O)OC(Oc1ccc(Cn2ccnc2)cc1)C(=O)O. The minimum atomic E-state index is -1.86. The molecule has 1 aromatic carbocycles. The molecule has 9 nitrogen and oxygen atoms in total. The number of esters is 2. The number of aliphatic carboxylic acids is 1. The van der Waals surface area contributed by atoms with Crippen LogP contribution < -0.4 is 4.74 Å². The molecule has 1 atom stereocenters. The molecule has 0 saturated carbocycles. The molecule has 1 heterocycles. The van der Waals surface area contributed by atoms with Crippen LogP contribution >= 0.6 is 0 Å². The van der Waals surface area contributed by atoms with E-state index in [1.54, 1.807) is 43.7 Å². The van der Waals surface area contributed by atoms with E-state index in [2.05, 4.69) is 9.72 Å². The van der Waals surface area contributed by atoms with Crippen molar-refractivity contribution in [2.24, 2.45) is 0 Å². The highest BCUT2D eigenvalue weighted by Gasteiger charge is 2.23. The molecule has 0 amide bonds. The van der Waals surface area contributed by atoms with Crippen LogP contribution in [0.4, 0.5) is 0 Å². The molecule has 2 aromatic rings. The summed E-state index contributed by atoms with van der Waals surface area (Å²) in [6.45, 7) is 2.35. The third-order valence-corrected chi connectivity index (χ3v) is 3.16. The van der Waals surface area contributed by atoms with Gasteiger partial charge in [-0.3, -0.25) is 0 Å². The number of nitrogens with zero attached hydrogens (tertiary/aromatic N) is 2. The third kappa shape index (κ3) is 6.65. The van der Waals surface area contributed by atoms with Crippen molar-refractivity contribution in [1.82, 2.24) is 9.55 Å². The molecule has 0 aliphatic heterocycles. The standard InChI is InChI=1S/C18H18N2O7/c1-2-25-15(21)7-8-16(22)27-18(17(23)24)26-14-5-3-13(4-6-14)11-20-10-9-19-12-20/h3-10,12,18H,2,11H2,1H3,(H,23,24)/b8-7+. The largest absolute Gasteiger partial charge is 0.476 e. The van der Waals surface area contributed by atoms with Gasteiger partial charge < -0.3 is 23.9 Å². The van der Waals surface area contributed by atoms with E-state index in [1.807, 2.05) is 10.8 Å². The first-order valence-corrected chi connectivity index (χ1v) is 7.97. The molecule has 0 saturated heterocycles. The number of carbonyl (C=O) groups excluding carboxylic acids is 2. The first-order valence-electron chi connectivity index (χ1n) is 7.97. The molecule has 0 radical (unpaired) electrons. The average Bonchev–Trinajstić information content (AvgIpc) is 3.14. The molecule has 1 aromatic heterocycles. The van der Waals surface area contributed by atoms with Gasteiger partial charge in [0.25, 0.3) is 0 Å². The Morgan fingerprint density at radius 2 is 1.89 bits per heavy atom. The summed E-state index contributed by atoms with van der Waals surface area (Å²) >= 11 is 0. The van der Waals surface area contributed by atoms with E-state index < -0.39 is 24.2 Å². The molecule has 0 aliphatic rings. The number of carbonyl (C=O) groups is 3. The first-order chi connectivity index (χ1) is 13.0. The van der Waals surface area contributed by atoms with Crippen LogP contribution in [0.3, 0.4) is 0 Å². The van der Waals surface area contributed by atoms with Crippen LogP contribution in [0.25, 0.3) is 0 Å². The molecule has 27 heavy (non-hydrogen) atoms. The Labute approximate surface area is 154 Å². The van der Waals surface area contributed by atoms with Gasteiger partial charge in [-0.15, -0.1) is 0 Å². The van der Waals surface area contributed by atoms with Crippen molar-refractivity contribution in [3.63, 3.8) is 0 Å². The van der Waals surface area contributed by atoms with Crippen molar-refractivity contribution in [2.45, 2.75) is 19.8 Å². The maximum absolute atomic E-state index is 11.6. The zero-order valence-corrected chi connectivity index (χ0v) is 14.5. The highest BCUT2D eigenvalue weighted by atomic mass is 16.7. The number of imidazole rings is 1. The fraction of sp³-hybridized carbons (Fsp3) is 0.222. The van der Waals surface area contributed by atoms with Gasteiger partial charge in [0.05, 0.1) is 12.9 Å². The Morgan fingerprint density at radius 3 is 2.48 bits per heavy atom. The van der Waals surface area contributed by atoms with Crippen molar-refractivity contribution in [3.05, 3.63) is 60.7 Å². The molecular formula is C18H18N2O7. The van der Waals surface area contributed by atoms with Crippen molar-refractivity contribution >= 4 is 17.9 Å². The lowest BCUT2D eigenvalue weighted by molar-refractivity contribution is -0.179. The fourth-order valence-corrected chi connectivity index (χ4v) is 1.98. The lowest BCUT2D eigenvalue weighted by Gasteiger charge is -2.15. The minimum absolute atomic E-state index is 0.149. The number of benzene rings is 1. The van der Waals surface area contributed by atoms with E-state index in [1.165, 1.54) is 0 Å². The monoisotopic (exact) mass is 374 g/mol. The second kappa shape index (κ2) is 9.76. The van der Waals surface area contributed by atoms with Crippen LogP contribution in [0, 0.1) is 0 Å². The molecular weight excluding hydrogens is 356 g/mol. The van der Waals surface area contributed by atoms with Crippen LogP contribution in [-0.2, 0) is 30.4 Å². The van der Waals surface area contributed by atoms with Gasteiger partial charge in [0.2, 0.25) is 0 Å². The van der Waals surface area contributed by atoms with Crippen LogP contribution in [0.5, 0.6) is 5.75 Å². The molecule has 1 N–H and O–H groups in total. The molecule has 142 valence electrons. The quantitative estimate of drug-likeness (QED) is 0.397. The van der Waals surface area contributed by atoms with E-state index in [-0.39, 0.29) is 12.4 Å². The van der Waals surface area contributed by atoms with Crippen LogP contribution in [0.1, 0.15) is 12.5 Å². The summed E-state index contributed by atoms with van der Waals surface area (Å²) < 4.78 is 16.3. The van der Waals surface area contributed by atoms with E-state index in [0.717, 1.165) is 17.7 Å². The lowest BCUT2D eigenvalue weighted by Crippen LogP contribution is -2.32. The Balaban J connectivity index is 1.94. The van der Waals surface area contributed by atoms with Crippen molar-refractivity contribution in [1.29, 1.82) is 0 Å². The fourth-order valence-electron chi connectivity index (χ4n) is 1.98. The van der Waals surface area contributed by atoms with Gasteiger partial charge in [0.1, 0.15) is 5.75 Å². The Bertz CT molecular complexity index is 798. The number of carboxylic acid groups (broad SMARTS) is 1. The van der Waals surface area contributed by atoms with Crippen molar-refractivity contribution in [3.8, 4) is 5.75 Å². The van der Waals surface area contributed by atoms with Gasteiger partial charge in [0.15, 0.2) is 0 Å². The van der Waals surface area contributed by atoms with Gasteiger partial charge in [-0.05, 0) is 24.6 Å². The zero-order valence-electron chi connectivity index (χ0n) is 14.5. The minimum Gasteiger partial charge on any atom is -0.476 e. The molecule has 9 heteroatoms. The molecule has 0 fully saturated rings. The Hall–Kier alpha value is -3.62. The normalized spacial score (nSPS) is 11.7. The number of hydrogen-bond acceptors (Lipinski definition) is 7. The van der Waals surface area contributed by atoms with E-state index in [9.17, 15) is 14.4 Å². The molecule has 0 spiro atoms. The predicted octanol–water partition coefficient (Wildman–Crippen LogP) is 1.38. The van der Waals surface area contributed by atoms with Gasteiger partial charge in [-0.1, -0.05) is 12.1 Å². The molecule has 0 aliphatic carbocycles. The van der Waals surface area contributed by atoms with Gasteiger partial charge in [-0.25, -0.2) is 19.4 Å². The zero-order chi connectivity index (χ0) is 19.6. The highest BCUT2D eigenvalue weighted by Crippen LogP contribution is 2.15. The van der Waals surface area contributed by atoms with Gasteiger partial charge in [0, 0.05) is 31.1 Å². The first kappa shape index (κ1) is 19.7. The topological polar surface area (TPSA) is 117 Å². The van der Waals surface area contributed by atoms with E-state index in [0.29, 0.717) is 6.54 Å². The molecule has 0 bridgehead atoms. The van der Waals surface area contributed by atoms with Crippen molar-refractivity contribution in [2.75, 3.05) is 6.61 Å². The van der Waals surface area contributed by atoms with Crippen LogP contribution in [0.15, 0.2) is 55.1 Å². The average molecular weight is 374 g/mol. The number of ether oxygens (including phenoxy) is 3. The summed E-state index contributed by atoms with van der Waals surface area (Å²) in [6, 6.07) is 6.61. The molecule has 1 unspecified atom stereocenters. The predicted molar refractivity (Wildman–Crippen MR) is 91.7 cm³/mol. The third-order valence-electron chi connectivity index (χ3n) is 3.16. The van der Waals surface area contributed by atoms with Crippen molar-refractivity contribution < 1.29 is 33.7 Å². The second-order valence-corrected chi connectivity index (χ2v) is 5.19. The maximum Gasteiger partial charge on any atom is 0.387 e. The van der Waals surface area contributed by atoms with E-state index in [4.69, 9.17) is 14.6 Å². The number of hydrogen-bond donors (Lipinski definition) is 1. The van der Waals surface area contributed by atoms with Crippen LogP contribution in [-0.4, -0.2) is 45.5 Å². The summed E-state index contributed by atoms with van der Waals surface area (Å²) in [7, 11) is 0. The highest BCUT2D eigenvalue weighted by molar-refractivity contribution is 5.92. The summed E-state index contributed by atoms with van der Waals surface area (Å²) in [6.07, 6.45) is 4.91. The summed E-state index contributed by atoms with van der Waals surface area (Å²) in [4.78, 5) is 37.9. The van der Waals surface area contributed by atoms with Gasteiger partial charge >= 0.3 is 24.2 Å². The maximum atomic E-state index is 11.6. The molecule has 2 rings (SSSR count). The smallest absolute Gasteiger partial charge is 0.387 e. The number of rotatable bonds is 9. The van der Waals surface area contributed by atoms with Gasteiger partial charge in [-0.2, -0.15) is 0 Å². The van der Waals surface area contributed by atoms with Crippen LogP contribution in [0.2, 0.25) is 0 Å². The lowest BCUT2D eigenvalue weighted by atomic mass is 10.2. The van der Waals surface area contributed by atoms with E-state index >= 15 is 0 Å². The number of aromatic nitrogens is 2. The number of carboxylic acids is 1. The Kier molecular flexibility index (Phi) is 7.12. The summed E-state index contributed by atoms with van der Waals surface area (Å²) in [5.74, 6) is -3.07. The summed E-state index contributed by atoms with van der Waals surface area (Å²) in [5.41, 5.74) is 0.946. The second-order valence-electron chi connectivity index (χ2n) is 5.19.